The van der Waals surface area contributed by atoms with Crippen LogP contribution >= 0.6 is 0 Å². The summed E-state index contributed by atoms with van der Waals surface area (Å²) in [6.07, 6.45) is -0.194. The summed E-state index contributed by atoms with van der Waals surface area (Å²) in [6.45, 7) is 2.20. The maximum atomic E-state index is 14.2. The molecule has 0 fully saturated rings. The molecule has 3 aromatic rings. The summed E-state index contributed by atoms with van der Waals surface area (Å²) in [6, 6.07) is 19.9. The first-order chi connectivity index (χ1) is 16.0. The largest absolute Gasteiger partial charge is 0.480 e. The summed E-state index contributed by atoms with van der Waals surface area (Å²) >= 11 is 0. The Balaban J connectivity index is 1.58. The van der Waals surface area contributed by atoms with Crippen molar-refractivity contribution in [2.45, 2.75) is 32.5 Å². The molecule has 166 valence electrons. The number of anilines is 1. The van der Waals surface area contributed by atoms with E-state index in [1.807, 2.05) is 13.0 Å². The smallest absolute Gasteiger partial charge is 0.264 e. The highest BCUT2D eigenvalue weighted by Gasteiger charge is 2.30. The molecule has 0 aromatic heterocycles. The fourth-order valence-electron chi connectivity index (χ4n) is 3.71. The maximum Gasteiger partial charge on any atom is 0.264 e. The minimum atomic E-state index is -0.669. The second-order valence-electron chi connectivity index (χ2n) is 7.77. The Bertz CT molecular complexity index is 1230. The van der Waals surface area contributed by atoms with E-state index in [1.54, 1.807) is 65.6 Å². The van der Waals surface area contributed by atoms with Crippen molar-refractivity contribution >= 4 is 17.5 Å². The number of amides is 2. The van der Waals surface area contributed by atoms with Crippen molar-refractivity contribution in [3.8, 4) is 11.8 Å². The lowest BCUT2D eigenvalue weighted by molar-refractivity contribution is -0.139. The van der Waals surface area contributed by atoms with Gasteiger partial charge in [0.15, 0.2) is 6.10 Å². The van der Waals surface area contributed by atoms with Gasteiger partial charge in [0.05, 0.1) is 11.6 Å². The molecule has 0 aliphatic carbocycles. The molecule has 0 bridgehead atoms. The zero-order valence-corrected chi connectivity index (χ0v) is 18.0. The molecule has 1 heterocycles. The van der Waals surface area contributed by atoms with Gasteiger partial charge in [0.1, 0.15) is 11.6 Å². The van der Waals surface area contributed by atoms with Crippen molar-refractivity contribution in [1.82, 2.24) is 4.90 Å². The molecular formula is C26H22FN3O3. The van der Waals surface area contributed by atoms with Gasteiger partial charge in [-0.3, -0.25) is 9.59 Å². The summed E-state index contributed by atoms with van der Waals surface area (Å²) in [5.41, 5.74) is 2.57. The molecule has 2 amide bonds. The fraction of sp³-hybridized carbons (Fsp3) is 0.192. The number of benzene rings is 3. The summed E-state index contributed by atoms with van der Waals surface area (Å²) in [4.78, 5) is 27.2. The summed E-state index contributed by atoms with van der Waals surface area (Å²) in [5.74, 6) is -0.338. The molecule has 0 radical (unpaired) electrons. The molecule has 7 heteroatoms. The van der Waals surface area contributed by atoms with Crippen LogP contribution in [0.5, 0.6) is 5.75 Å². The van der Waals surface area contributed by atoms with E-state index in [2.05, 4.69) is 5.32 Å². The van der Waals surface area contributed by atoms with Gasteiger partial charge >= 0.3 is 0 Å². The SMILES string of the molecule is CC[C@H]1Oc2ccc(NC(=O)c3ccc(C#N)cc3)cc2CN(Cc2ccccc2F)C1=O. The predicted molar refractivity (Wildman–Crippen MR) is 121 cm³/mol. The molecular weight excluding hydrogens is 421 g/mol. The van der Waals surface area contributed by atoms with Crippen molar-refractivity contribution < 1.29 is 18.7 Å². The van der Waals surface area contributed by atoms with Crippen molar-refractivity contribution in [2.75, 3.05) is 5.32 Å². The van der Waals surface area contributed by atoms with Crippen molar-refractivity contribution in [1.29, 1.82) is 5.26 Å². The molecule has 0 saturated carbocycles. The molecule has 33 heavy (non-hydrogen) atoms. The van der Waals surface area contributed by atoms with E-state index in [0.717, 1.165) is 0 Å². The van der Waals surface area contributed by atoms with Gasteiger partial charge in [-0.15, -0.1) is 0 Å². The molecule has 1 N–H and O–H groups in total. The number of ether oxygens (including phenoxy) is 1. The van der Waals surface area contributed by atoms with E-state index in [9.17, 15) is 14.0 Å². The van der Waals surface area contributed by atoms with Crippen LogP contribution in [0, 0.1) is 17.1 Å². The van der Waals surface area contributed by atoms with Gasteiger partial charge in [0, 0.05) is 35.5 Å². The minimum absolute atomic E-state index is 0.118. The number of rotatable bonds is 5. The third-order valence-electron chi connectivity index (χ3n) is 5.50. The monoisotopic (exact) mass is 443 g/mol. The van der Waals surface area contributed by atoms with E-state index < -0.39 is 6.10 Å². The third kappa shape index (κ3) is 4.85. The number of carbonyl (C=O) groups is 2. The lowest BCUT2D eigenvalue weighted by atomic mass is 10.1. The zero-order chi connectivity index (χ0) is 23.4. The number of fused-ring (bicyclic) bond motifs is 1. The average Bonchev–Trinajstić information content (AvgIpc) is 2.96. The van der Waals surface area contributed by atoms with Gasteiger partial charge in [-0.1, -0.05) is 25.1 Å². The second-order valence-corrected chi connectivity index (χ2v) is 7.77. The van der Waals surface area contributed by atoms with Crippen LogP contribution in [0.15, 0.2) is 66.7 Å². The van der Waals surface area contributed by atoms with E-state index in [-0.39, 0.29) is 30.7 Å². The highest BCUT2D eigenvalue weighted by molar-refractivity contribution is 6.04. The number of nitrogens with zero attached hydrogens (tertiary/aromatic N) is 2. The number of nitrogens with one attached hydrogen (secondary N) is 1. The van der Waals surface area contributed by atoms with Crippen LogP contribution in [0.1, 0.15) is 40.4 Å². The second kappa shape index (κ2) is 9.53. The number of hydrogen-bond donors (Lipinski definition) is 1. The van der Waals surface area contributed by atoms with Crippen LogP contribution in [0.3, 0.4) is 0 Å². The quantitative estimate of drug-likeness (QED) is 0.622. The highest BCUT2D eigenvalue weighted by atomic mass is 19.1. The Morgan fingerprint density at radius 3 is 2.64 bits per heavy atom. The Labute approximate surface area is 191 Å². The lowest BCUT2D eigenvalue weighted by Crippen LogP contribution is -2.39. The Morgan fingerprint density at radius 2 is 1.94 bits per heavy atom. The van der Waals surface area contributed by atoms with Crippen molar-refractivity contribution in [2.24, 2.45) is 0 Å². The topological polar surface area (TPSA) is 82.4 Å². The molecule has 6 nitrogen and oxygen atoms in total. The van der Waals surface area contributed by atoms with Crippen LogP contribution in [-0.4, -0.2) is 22.8 Å². The molecule has 0 saturated heterocycles. The zero-order valence-electron chi connectivity index (χ0n) is 18.0. The van der Waals surface area contributed by atoms with Gasteiger partial charge in [-0.05, 0) is 55.0 Å². The van der Waals surface area contributed by atoms with Gasteiger partial charge in [-0.25, -0.2) is 4.39 Å². The first-order valence-corrected chi connectivity index (χ1v) is 10.6. The summed E-state index contributed by atoms with van der Waals surface area (Å²) in [5, 5.41) is 11.7. The van der Waals surface area contributed by atoms with Crippen LogP contribution in [0.4, 0.5) is 10.1 Å². The molecule has 0 spiro atoms. The Hall–Kier alpha value is -4.18. The van der Waals surface area contributed by atoms with Crippen LogP contribution in [0.2, 0.25) is 0 Å². The fourth-order valence-corrected chi connectivity index (χ4v) is 3.71. The summed E-state index contributed by atoms with van der Waals surface area (Å²) in [7, 11) is 0. The normalized spacial score (nSPS) is 15.1. The highest BCUT2D eigenvalue weighted by Crippen LogP contribution is 2.30. The molecule has 1 aliphatic rings. The van der Waals surface area contributed by atoms with E-state index >= 15 is 0 Å². The van der Waals surface area contributed by atoms with Crippen molar-refractivity contribution in [3.05, 3.63) is 94.8 Å². The van der Waals surface area contributed by atoms with Crippen LogP contribution in [-0.2, 0) is 17.9 Å². The Kier molecular flexibility index (Phi) is 6.36. The van der Waals surface area contributed by atoms with Gasteiger partial charge < -0.3 is 15.0 Å². The number of nitriles is 1. The van der Waals surface area contributed by atoms with Crippen LogP contribution < -0.4 is 10.1 Å². The number of carbonyl (C=O) groups excluding carboxylic acids is 2. The molecule has 4 rings (SSSR count). The predicted octanol–water partition coefficient (Wildman–Crippen LogP) is 4.65. The first-order valence-electron chi connectivity index (χ1n) is 10.6. The molecule has 1 atom stereocenters. The Morgan fingerprint density at radius 1 is 1.18 bits per heavy atom. The first kappa shape index (κ1) is 22.0. The number of halogens is 1. The van der Waals surface area contributed by atoms with E-state index in [0.29, 0.717) is 40.1 Å². The summed E-state index contributed by atoms with van der Waals surface area (Å²) < 4.78 is 20.2. The standard InChI is InChI=1S/C26H22FN3O3/c1-2-23-26(32)30(15-19-5-3-4-6-22(19)27)16-20-13-21(11-12-24(20)33-23)29-25(31)18-9-7-17(14-28)8-10-18/h3-13,23H,2,15-16H2,1H3,(H,29,31)/t23-/m1/s1. The third-order valence-corrected chi connectivity index (χ3v) is 5.50. The van der Waals surface area contributed by atoms with E-state index in [1.165, 1.54) is 6.07 Å². The van der Waals surface area contributed by atoms with Gasteiger partial charge in [-0.2, -0.15) is 5.26 Å². The van der Waals surface area contributed by atoms with E-state index in [4.69, 9.17) is 10.00 Å². The van der Waals surface area contributed by atoms with Crippen molar-refractivity contribution in [3.63, 3.8) is 0 Å². The van der Waals surface area contributed by atoms with Gasteiger partial charge in [0.25, 0.3) is 11.8 Å². The molecule has 3 aromatic carbocycles. The van der Waals surface area contributed by atoms with Gasteiger partial charge in [0.2, 0.25) is 0 Å². The lowest BCUT2D eigenvalue weighted by Gasteiger charge is -2.23. The molecule has 1 aliphatic heterocycles. The van der Waals surface area contributed by atoms with Crippen LogP contribution in [0.25, 0.3) is 0 Å². The minimum Gasteiger partial charge on any atom is -0.480 e. The number of hydrogen-bond acceptors (Lipinski definition) is 4. The maximum absolute atomic E-state index is 14.2. The average molecular weight is 443 g/mol. The molecule has 0 unspecified atom stereocenters.